The molecule has 0 radical (unpaired) electrons. The van der Waals surface area contributed by atoms with Crippen molar-refractivity contribution in [1.29, 1.82) is 0 Å². The standard InChI is InChI=1S/C18H27N.ClH/c1-13-6-4-8-16(13)17-9-5-7-14-10-11-15(19(2)3)12-18(14)17;/h5,7,9,13,15-16H,4,6,8,10-12H2,1-3H3;1H/t13-,15-,16-;/m1./s1. The second-order valence-electron chi connectivity index (χ2n) is 6.86. The Bertz CT molecular complexity index is 455. The Hall–Kier alpha value is -0.530. The maximum atomic E-state index is 2.45. The first kappa shape index (κ1) is 15.9. The molecule has 0 saturated heterocycles. The largest absolute Gasteiger partial charge is 0.306 e. The van der Waals surface area contributed by atoms with Crippen LogP contribution in [-0.2, 0) is 12.8 Å². The van der Waals surface area contributed by atoms with E-state index in [0.717, 1.165) is 17.9 Å². The molecule has 0 aliphatic heterocycles. The maximum absolute atomic E-state index is 2.45. The third-order valence-corrected chi connectivity index (χ3v) is 5.49. The topological polar surface area (TPSA) is 3.24 Å². The van der Waals surface area contributed by atoms with Crippen LogP contribution in [0.25, 0.3) is 0 Å². The summed E-state index contributed by atoms with van der Waals surface area (Å²) in [5.74, 6) is 1.71. The number of rotatable bonds is 2. The van der Waals surface area contributed by atoms with Gasteiger partial charge in [0.05, 0.1) is 0 Å². The molecule has 2 aliphatic carbocycles. The minimum absolute atomic E-state index is 0. The Morgan fingerprint density at radius 1 is 1.10 bits per heavy atom. The Labute approximate surface area is 130 Å². The molecule has 0 unspecified atom stereocenters. The van der Waals surface area contributed by atoms with E-state index in [-0.39, 0.29) is 12.4 Å². The minimum Gasteiger partial charge on any atom is -0.306 e. The molecule has 1 aromatic carbocycles. The van der Waals surface area contributed by atoms with Gasteiger partial charge in [-0.25, -0.2) is 0 Å². The summed E-state index contributed by atoms with van der Waals surface area (Å²) in [5.41, 5.74) is 5.02. The van der Waals surface area contributed by atoms with Crippen LogP contribution in [0.3, 0.4) is 0 Å². The van der Waals surface area contributed by atoms with Crippen molar-refractivity contribution in [3.05, 3.63) is 34.9 Å². The Kier molecular flexibility index (Phi) is 5.14. The number of benzene rings is 1. The van der Waals surface area contributed by atoms with Crippen molar-refractivity contribution < 1.29 is 0 Å². The van der Waals surface area contributed by atoms with E-state index in [1.54, 1.807) is 16.7 Å². The van der Waals surface area contributed by atoms with Crippen LogP contribution in [-0.4, -0.2) is 25.0 Å². The zero-order valence-corrected chi connectivity index (χ0v) is 13.9. The molecule has 0 heterocycles. The predicted octanol–water partition coefficient (Wildman–Crippen LogP) is 4.43. The van der Waals surface area contributed by atoms with Crippen LogP contribution >= 0.6 is 12.4 Å². The average Bonchev–Trinajstić information content (AvgIpc) is 2.83. The molecule has 1 aromatic rings. The molecule has 2 heteroatoms. The van der Waals surface area contributed by atoms with E-state index in [2.05, 4.69) is 44.1 Å². The van der Waals surface area contributed by atoms with E-state index in [1.165, 1.54) is 38.5 Å². The van der Waals surface area contributed by atoms with E-state index in [4.69, 9.17) is 0 Å². The third-order valence-electron chi connectivity index (χ3n) is 5.49. The van der Waals surface area contributed by atoms with E-state index >= 15 is 0 Å². The van der Waals surface area contributed by atoms with Crippen LogP contribution in [0, 0.1) is 5.92 Å². The average molecular weight is 294 g/mol. The predicted molar refractivity (Wildman–Crippen MR) is 88.9 cm³/mol. The van der Waals surface area contributed by atoms with Crippen molar-refractivity contribution in [1.82, 2.24) is 4.90 Å². The molecular weight excluding hydrogens is 266 g/mol. The minimum atomic E-state index is 0. The second kappa shape index (κ2) is 6.49. The van der Waals surface area contributed by atoms with Gasteiger partial charge in [0, 0.05) is 6.04 Å². The second-order valence-corrected chi connectivity index (χ2v) is 6.86. The molecule has 0 bridgehead atoms. The molecule has 3 atom stereocenters. The van der Waals surface area contributed by atoms with Crippen molar-refractivity contribution in [2.24, 2.45) is 5.92 Å². The Morgan fingerprint density at radius 3 is 2.55 bits per heavy atom. The molecule has 0 spiro atoms. The molecule has 0 amide bonds. The summed E-state index contributed by atoms with van der Waals surface area (Å²) in [6.45, 7) is 2.45. The summed E-state index contributed by atoms with van der Waals surface area (Å²) in [7, 11) is 4.47. The van der Waals surface area contributed by atoms with E-state index in [1.807, 2.05) is 0 Å². The van der Waals surface area contributed by atoms with Gasteiger partial charge in [-0.05, 0) is 68.3 Å². The molecule has 20 heavy (non-hydrogen) atoms. The van der Waals surface area contributed by atoms with Crippen molar-refractivity contribution in [3.63, 3.8) is 0 Å². The quantitative estimate of drug-likeness (QED) is 0.780. The smallest absolute Gasteiger partial charge is 0.0133 e. The van der Waals surface area contributed by atoms with Crippen LogP contribution in [0.15, 0.2) is 18.2 Å². The monoisotopic (exact) mass is 293 g/mol. The number of nitrogens with zero attached hydrogens (tertiary/aromatic N) is 1. The summed E-state index contributed by atoms with van der Waals surface area (Å²) in [6, 6.07) is 7.83. The normalized spacial score (nSPS) is 29.1. The first-order valence-electron chi connectivity index (χ1n) is 7.94. The zero-order chi connectivity index (χ0) is 13.4. The van der Waals surface area contributed by atoms with Gasteiger partial charge in [-0.1, -0.05) is 38.0 Å². The van der Waals surface area contributed by atoms with Gasteiger partial charge in [-0.15, -0.1) is 12.4 Å². The number of aryl methyl sites for hydroxylation is 1. The molecule has 1 saturated carbocycles. The Balaban J connectivity index is 0.00000147. The van der Waals surface area contributed by atoms with Gasteiger partial charge >= 0.3 is 0 Å². The van der Waals surface area contributed by atoms with E-state index in [0.29, 0.717) is 0 Å². The lowest BCUT2D eigenvalue weighted by molar-refractivity contribution is 0.267. The number of fused-ring (bicyclic) bond motifs is 1. The first-order valence-corrected chi connectivity index (χ1v) is 7.94. The fourth-order valence-corrected chi connectivity index (χ4v) is 4.19. The molecule has 0 N–H and O–H groups in total. The summed E-state index contributed by atoms with van der Waals surface area (Å²) in [5, 5.41) is 0. The van der Waals surface area contributed by atoms with Crippen molar-refractivity contribution in [2.75, 3.05) is 14.1 Å². The van der Waals surface area contributed by atoms with Gasteiger partial charge in [0.15, 0.2) is 0 Å². The molecule has 0 aromatic heterocycles. The zero-order valence-electron chi connectivity index (χ0n) is 13.1. The first-order chi connectivity index (χ1) is 9.16. The molecular formula is C18H28ClN. The van der Waals surface area contributed by atoms with Gasteiger partial charge in [0.25, 0.3) is 0 Å². The lowest BCUT2D eigenvalue weighted by Gasteiger charge is -2.33. The molecule has 1 fully saturated rings. The van der Waals surface area contributed by atoms with Crippen molar-refractivity contribution in [3.8, 4) is 0 Å². The highest BCUT2D eigenvalue weighted by Gasteiger charge is 2.30. The summed E-state index contributed by atoms with van der Waals surface area (Å²) in [4.78, 5) is 2.41. The van der Waals surface area contributed by atoms with Gasteiger partial charge in [0.2, 0.25) is 0 Å². The van der Waals surface area contributed by atoms with Gasteiger partial charge in [-0.2, -0.15) is 0 Å². The summed E-state index contributed by atoms with van der Waals surface area (Å²) < 4.78 is 0. The molecule has 1 nitrogen and oxygen atoms in total. The van der Waals surface area contributed by atoms with Crippen molar-refractivity contribution >= 4 is 12.4 Å². The lowest BCUT2D eigenvalue weighted by atomic mass is 9.79. The number of hydrogen-bond donors (Lipinski definition) is 0. The van der Waals surface area contributed by atoms with Crippen molar-refractivity contribution in [2.45, 2.75) is 57.4 Å². The number of halogens is 1. The summed E-state index contributed by atoms with van der Waals surface area (Å²) in [6.07, 6.45) is 8.11. The fourth-order valence-electron chi connectivity index (χ4n) is 4.19. The lowest BCUT2D eigenvalue weighted by Crippen LogP contribution is -2.34. The summed E-state index contributed by atoms with van der Waals surface area (Å²) >= 11 is 0. The number of likely N-dealkylation sites (N-methyl/N-ethyl adjacent to an activating group) is 1. The molecule has 3 rings (SSSR count). The van der Waals surface area contributed by atoms with E-state index < -0.39 is 0 Å². The van der Waals surface area contributed by atoms with Crippen LogP contribution < -0.4 is 0 Å². The highest BCUT2D eigenvalue weighted by molar-refractivity contribution is 5.85. The highest BCUT2D eigenvalue weighted by Crippen LogP contribution is 2.42. The van der Waals surface area contributed by atoms with Crippen LogP contribution in [0.5, 0.6) is 0 Å². The van der Waals surface area contributed by atoms with Gasteiger partial charge in [0.1, 0.15) is 0 Å². The highest BCUT2D eigenvalue weighted by atomic mass is 35.5. The maximum Gasteiger partial charge on any atom is 0.0133 e. The van der Waals surface area contributed by atoms with Gasteiger partial charge < -0.3 is 4.90 Å². The third kappa shape index (κ3) is 2.89. The number of hydrogen-bond acceptors (Lipinski definition) is 1. The van der Waals surface area contributed by atoms with Gasteiger partial charge in [-0.3, -0.25) is 0 Å². The Morgan fingerprint density at radius 2 is 1.90 bits per heavy atom. The molecule has 2 aliphatic rings. The SMILES string of the molecule is C[C@@H]1CCC[C@H]1c1cccc2c1C[C@H](N(C)C)CC2.Cl. The fraction of sp³-hybridized carbons (Fsp3) is 0.667. The van der Waals surface area contributed by atoms with Crippen LogP contribution in [0.2, 0.25) is 0 Å². The van der Waals surface area contributed by atoms with Crippen LogP contribution in [0.1, 0.15) is 55.2 Å². The van der Waals surface area contributed by atoms with E-state index in [9.17, 15) is 0 Å². The van der Waals surface area contributed by atoms with Crippen LogP contribution in [0.4, 0.5) is 0 Å². The molecule has 112 valence electrons.